The van der Waals surface area contributed by atoms with E-state index >= 15 is 0 Å². The van der Waals surface area contributed by atoms with Crippen LogP contribution in [0.1, 0.15) is 55.5 Å². The first kappa shape index (κ1) is 13.9. The van der Waals surface area contributed by atoms with Gasteiger partial charge in [0.1, 0.15) is 0 Å². The van der Waals surface area contributed by atoms with Crippen molar-refractivity contribution in [3.8, 4) is 0 Å². The number of ketones is 1. The Balaban J connectivity index is 2.62. The van der Waals surface area contributed by atoms with Gasteiger partial charge in [-0.25, -0.2) is 0 Å². The number of hydrogen-bond acceptors (Lipinski definition) is 2. The zero-order valence-corrected chi connectivity index (χ0v) is 10.9. The number of aryl methyl sites for hydroxylation is 1. The largest absolute Gasteiger partial charge is 0.321 e. The lowest BCUT2D eigenvalue weighted by Gasteiger charge is -2.10. The molecule has 2 heteroatoms. The van der Waals surface area contributed by atoms with E-state index in [1.165, 1.54) is 5.56 Å². The third-order valence-electron chi connectivity index (χ3n) is 2.98. The van der Waals surface area contributed by atoms with Gasteiger partial charge in [0.05, 0.1) is 6.04 Å². The zero-order chi connectivity index (χ0) is 12.7. The SMILES string of the molecule is CCCCC(N)C(=O)c1ccc(CCC)cc1. The van der Waals surface area contributed by atoms with Crippen molar-refractivity contribution < 1.29 is 4.79 Å². The number of benzene rings is 1. The predicted octanol–water partition coefficient (Wildman–Crippen LogP) is 3.34. The van der Waals surface area contributed by atoms with Crippen LogP contribution in [0.4, 0.5) is 0 Å². The number of carbonyl (C=O) groups excluding carboxylic acids is 1. The van der Waals surface area contributed by atoms with Crippen molar-refractivity contribution in [2.45, 2.75) is 52.0 Å². The van der Waals surface area contributed by atoms with Crippen LogP contribution in [0, 0.1) is 0 Å². The van der Waals surface area contributed by atoms with Crippen molar-refractivity contribution in [3.63, 3.8) is 0 Å². The van der Waals surface area contributed by atoms with E-state index < -0.39 is 0 Å². The van der Waals surface area contributed by atoms with Crippen LogP contribution in [-0.2, 0) is 6.42 Å². The Hall–Kier alpha value is -1.15. The zero-order valence-electron chi connectivity index (χ0n) is 10.9. The fraction of sp³-hybridized carbons (Fsp3) is 0.533. The molecule has 2 nitrogen and oxygen atoms in total. The summed E-state index contributed by atoms with van der Waals surface area (Å²) in [5, 5.41) is 0. The molecule has 17 heavy (non-hydrogen) atoms. The molecule has 1 rings (SSSR count). The second-order valence-corrected chi connectivity index (χ2v) is 4.56. The van der Waals surface area contributed by atoms with Crippen LogP contribution < -0.4 is 5.73 Å². The highest BCUT2D eigenvalue weighted by molar-refractivity contribution is 5.99. The Morgan fingerprint density at radius 1 is 1.18 bits per heavy atom. The van der Waals surface area contributed by atoms with Crippen molar-refractivity contribution >= 4 is 5.78 Å². The topological polar surface area (TPSA) is 43.1 Å². The summed E-state index contributed by atoms with van der Waals surface area (Å²) in [6.45, 7) is 4.26. The summed E-state index contributed by atoms with van der Waals surface area (Å²) in [5.74, 6) is 0.0708. The molecule has 0 radical (unpaired) electrons. The van der Waals surface area contributed by atoms with E-state index in [2.05, 4.69) is 13.8 Å². The van der Waals surface area contributed by atoms with Gasteiger partial charge in [0.25, 0.3) is 0 Å². The number of carbonyl (C=O) groups is 1. The van der Waals surface area contributed by atoms with Gasteiger partial charge in [0, 0.05) is 5.56 Å². The van der Waals surface area contributed by atoms with E-state index in [0.717, 1.165) is 37.7 Å². The van der Waals surface area contributed by atoms with Crippen molar-refractivity contribution in [1.29, 1.82) is 0 Å². The maximum atomic E-state index is 12.0. The van der Waals surface area contributed by atoms with Gasteiger partial charge < -0.3 is 5.73 Å². The predicted molar refractivity (Wildman–Crippen MR) is 72.3 cm³/mol. The summed E-state index contributed by atoms with van der Waals surface area (Å²) in [5.41, 5.74) is 7.91. The van der Waals surface area contributed by atoms with Crippen LogP contribution in [0.2, 0.25) is 0 Å². The quantitative estimate of drug-likeness (QED) is 0.734. The molecule has 0 saturated heterocycles. The van der Waals surface area contributed by atoms with Gasteiger partial charge in [-0.1, -0.05) is 57.4 Å². The smallest absolute Gasteiger partial charge is 0.179 e. The summed E-state index contributed by atoms with van der Waals surface area (Å²) >= 11 is 0. The molecule has 0 aromatic heterocycles. The lowest BCUT2D eigenvalue weighted by Crippen LogP contribution is -2.30. The summed E-state index contributed by atoms with van der Waals surface area (Å²) in [4.78, 5) is 12.0. The van der Waals surface area contributed by atoms with Crippen molar-refractivity contribution in [3.05, 3.63) is 35.4 Å². The molecule has 0 aliphatic heterocycles. The van der Waals surface area contributed by atoms with Crippen LogP contribution in [0.15, 0.2) is 24.3 Å². The standard InChI is InChI=1S/C15H23NO/c1-3-5-7-14(16)15(17)13-10-8-12(6-4-2)9-11-13/h8-11,14H,3-7,16H2,1-2H3. The van der Waals surface area contributed by atoms with Crippen molar-refractivity contribution in [1.82, 2.24) is 0 Å². The molecule has 0 heterocycles. The third kappa shape index (κ3) is 4.31. The van der Waals surface area contributed by atoms with Gasteiger partial charge >= 0.3 is 0 Å². The average molecular weight is 233 g/mol. The highest BCUT2D eigenvalue weighted by atomic mass is 16.1. The summed E-state index contributed by atoms with van der Waals surface area (Å²) < 4.78 is 0. The van der Waals surface area contributed by atoms with E-state index in [-0.39, 0.29) is 11.8 Å². The van der Waals surface area contributed by atoms with E-state index in [1.807, 2.05) is 24.3 Å². The summed E-state index contributed by atoms with van der Waals surface area (Å²) in [6, 6.07) is 7.53. The van der Waals surface area contributed by atoms with Crippen LogP contribution in [0.5, 0.6) is 0 Å². The molecular weight excluding hydrogens is 210 g/mol. The van der Waals surface area contributed by atoms with Gasteiger partial charge in [0.15, 0.2) is 5.78 Å². The number of nitrogens with two attached hydrogens (primary N) is 1. The first-order valence-electron chi connectivity index (χ1n) is 6.57. The van der Waals surface area contributed by atoms with E-state index in [0.29, 0.717) is 0 Å². The first-order valence-corrected chi connectivity index (χ1v) is 6.57. The first-order chi connectivity index (χ1) is 8.19. The fourth-order valence-corrected chi connectivity index (χ4v) is 1.89. The highest BCUT2D eigenvalue weighted by Gasteiger charge is 2.14. The van der Waals surface area contributed by atoms with Gasteiger partial charge in [-0.3, -0.25) is 4.79 Å². The molecule has 0 aliphatic rings. The molecular formula is C15H23NO. The monoisotopic (exact) mass is 233 g/mol. The van der Waals surface area contributed by atoms with Gasteiger partial charge in [-0.2, -0.15) is 0 Å². The molecule has 2 N–H and O–H groups in total. The van der Waals surface area contributed by atoms with E-state index in [9.17, 15) is 4.79 Å². The minimum atomic E-state index is -0.341. The van der Waals surface area contributed by atoms with Crippen LogP contribution in [0.3, 0.4) is 0 Å². The lowest BCUT2D eigenvalue weighted by molar-refractivity contribution is 0.0956. The average Bonchev–Trinajstić information content (AvgIpc) is 2.36. The van der Waals surface area contributed by atoms with Crippen molar-refractivity contribution in [2.75, 3.05) is 0 Å². The van der Waals surface area contributed by atoms with Gasteiger partial charge in [-0.05, 0) is 18.4 Å². The van der Waals surface area contributed by atoms with Crippen LogP contribution >= 0.6 is 0 Å². The maximum absolute atomic E-state index is 12.0. The fourth-order valence-electron chi connectivity index (χ4n) is 1.89. The Morgan fingerprint density at radius 2 is 1.82 bits per heavy atom. The number of rotatable bonds is 7. The highest BCUT2D eigenvalue weighted by Crippen LogP contribution is 2.10. The Morgan fingerprint density at radius 3 is 2.35 bits per heavy atom. The normalized spacial score (nSPS) is 12.4. The molecule has 1 aromatic rings. The molecule has 0 saturated carbocycles. The molecule has 0 bridgehead atoms. The number of Topliss-reactive ketones (excluding diaryl/α,β-unsaturated/α-hetero) is 1. The molecule has 0 aliphatic carbocycles. The van der Waals surface area contributed by atoms with E-state index in [1.54, 1.807) is 0 Å². The minimum Gasteiger partial charge on any atom is -0.321 e. The summed E-state index contributed by atoms with van der Waals surface area (Å²) in [7, 11) is 0. The third-order valence-corrected chi connectivity index (χ3v) is 2.98. The molecule has 1 unspecified atom stereocenters. The molecule has 0 spiro atoms. The molecule has 0 amide bonds. The van der Waals surface area contributed by atoms with E-state index in [4.69, 9.17) is 5.73 Å². The molecule has 1 atom stereocenters. The Bertz CT molecular complexity index is 342. The lowest BCUT2D eigenvalue weighted by atomic mass is 9.98. The van der Waals surface area contributed by atoms with Crippen LogP contribution in [-0.4, -0.2) is 11.8 Å². The molecule has 1 aromatic carbocycles. The summed E-state index contributed by atoms with van der Waals surface area (Å²) in [6.07, 6.45) is 5.07. The Labute approximate surface area is 104 Å². The number of unbranched alkanes of at least 4 members (excludes halogenated alkanes) is 1. The Kier molecular flexibility index (Phi) is 5.92. The van der Waals surface area contributed by atoms with Gasteiger partial charge in [0.2, 0.25) is 0 Å². The second kappa shape index (κ2) is 7.23. The minimum absolute atomic E-state index is 0.0708. The molecule has 0 fully saturated rings. The van der Waals surface area contributed by atoms with Crippen LogP contribution in [0.25, 0.3) is 0 Å². The number of hydrogen-bond donors (Lipinski definition) is 1. The maximum Gasteiger partial charge on any atom is 0.179 e. The molecule has 94 valence electrons. The second-order valence-electron chi connectivity index (χ2n) is 4.56. The van der Waals surface area contributed by atoms with Crippen molar-refractivity contribution in [2.24, 2.45) is 5.73 Å². The van der Waals surface area contributed by atoms with Gasteiger partial charge in [-0.15, -0.1) is 0 Å².